The van der Waals surface area contributed by atoms with Crippen molar-refractivity contribution in [3.63, 3.8) is 0 Å². The Kier molecular flexibility index (Phi) is 3.06. The number of rotatable bonds is 2. The summed E-state index contributed by atoms with van der Waals surface area (Å²) in [4.78, 5) is -0.493. The first kappa shape index (κ1) is 13.8. The highest BCUT2D eigenvalue weighted by Gasteiger charge is 2.22. The maximum Gasteiger partial charge on any atom is 0.179 e. The van der Waals surface area contributed by atoms with E-state index in [2.05, 4.69) is 0 Å². The Labute approximate surface area is 111 Å². The third-order valence-corrected chi connectivity index (χ3v) is 4.99. The molecule has 1 N–H and O–H groups in total. The molecule has 0 bridgehead atoms. The Morgan fingerprint density at radius 1 is 0.842 bits per heavy atom. The summed E-state index contributed by atoms with van der Waals surface area (Å²) >= 11 is 0. The van der Waals surface area contributed by atoms with Gasteiger partial charge in [-0.2, -0.15) is 0 Å². The molecule has 0 saturated carbocycles. The minimum atomic E-state index is -3.72. The van der Waals surface area contributed by atoms with E-state index < -0.39 is 25.4 Å². The zero-order chi connectivity index (χ0) is 14.4. The van der Waals surface area contributed by atoms with Crippen molar-refractivity contribution in [2.45, 2.75) is 9.79 Å². The predicted octanol–water partition coefficient (Wildman–Crippen LogP) is 1.35. The van der Waals surface area contributed by atoms with E-state index in [1.54, 1.807) is 12.1 Å². The van der Waals surface area contributed by atoms with E-state index >= 15 is 0 Å². The number of aromatic hydroxyl groups is 1. The number of benzene rings is 2. The molecule has 2 rings (SSSR count). The van der Waals surface area contributed by atoms with Gasteiger partial charge in [0, 0.05) is 23.3 Å². The highest BCUT2D eigenvalue weighted by molar-refractivity contribution is 7.91. The molecule has 7 heteroatoms. The summed E-state index contributed by atoms with van der Waals surface area (Å²) in [6.07, 6.45) is 1.92. The van der Waals surface area contributed by atoms with Gasteiger partial charge in [-0.05, 0) is 6.07 Å². The minimum absolute atomic E-state index is 0.110. The van der Waals surface area contributed by atoms with Crippen molar-refractivity contribution in [2.75, 3.05) is 12.5 Å². The van der Waals surface area contributed by atoms with Crippen LogP contribution >= 0.6 is 0 Å². The summed E-state index contributed by atoms with van der Waals surface area (Å²) in [6, 6.07) is 7.23. The Morgan fingerprint density at radius 3 is 1.79 bits per heavy atom. The van der Waals surface area contributed by atoms with Gasteiger partial charge in [-0.3, -0.25) is 0 Å². The van der Waals surface area contributed by atoms with Crippen LogP contribution in [0.15, 0.2) is 40.1 Å². The van der Waals surface area contributed by atoms with Crippen LogP contribution in [0.25, 0.3) is 10.8 Å². The van der Waals surface area contributed by atoms with E-state index in [1.807, 2.05) is 0 Å². The molecule has 0 amide bonds. The highest BCUT2D eigenvalue weighted by atomic mass is 32.2. The lowest BCUT2D eigenvalue weighted by Crippen LogP contribution is -2.04. The van der Waals surface area contributed by atoms with Crippen molar-refractivity contribution in [1.82, 2.24) is 0 Å². The van der Waals surface area contributed by atoms with E-state index in [9.17, 15) is 21.9 Å². The van der Waals surface area contributed by atoms with Crippen LogP contribution in [0.1, 0.15) is 0 Å². The number of sulfone groups is 2. The SMILES string of the molecule is CS(=O)(=O)c1cc(S(C)(=O)=O)c2ccccc2c1O. The summed E-state index contributed by atoms with van der Waals surface area (Å²) in [5.74, 6) is -0.425. The zero-order valence-corrected chi connectivity index (χ0v) is 11.9. The van der Waals surface area contributed by atoms with Crippen LogP contribution in [-0.2, 0) is 19.7 Å². The van der Waals surface area contributed by atoms with Gasteiger partial charge in [0.1, 0.15) is 10.6 Å². The Balaban J connectivity index is 3.10. The van der Waals surface area contributed by atoms with E-state index in [4.69, 9.17) is 0 Å². The van der Waals surface area contributed by atoms with Gasteiger partial charge < -0.3 is 5.11 Å². The van der Waals surface area contributed by atoms with E-state index in [0.717, 1.165) is 18.6 Å². The second-order valence-corrected chi connectivity index (χ2v) is 8.28. The fourth-order valence-corrected chi connectivity index (χ4v) is 3.67. The first-order valence-electron chi connectivity index (χ1n) is 5.27. The molecule has 0 fully saturated rings. The molecule has 0 aliphatic heterocycles. The van der Waals surface area contributed by atoms with Gasteiger partial charge in [0.05, 0.1) is 4.90 Å². The lowest BCUT2D eigenvalue weighted by Gasteiger charge is -2.10. The third-order valence-electron chi connectivity index (χ3n) is 2.74. The lowest BCUT2D eigenvalue weighted by molar-refractivity contribution is 0.465. The molecule has 2 aromatic rings. The summed E-state index contributed by atoms with van der Waals surface area (Å²) in [6.45, 7) is 0. The van der Waals surface area contributed by atoms with Gasteiger partial charge in [0.15, 0.2) is 19.7 Å². The smallest absolute Gasteiger partial charge is 0.179 e. The quantitative estimate of drug-likeness (QED) is 0.904. The van der Waals surface area contributed by atoms with Crippen molar-refractivity contribution >= 4 is 30.4 Å². The third kappa shape index (κ3) is 2.43. The minimum Gasteiger partial charge on any atom is -0.506 e. The van der Waals surface area contributed by atoms with Crippen molar-refractivity contribution in [2.24, 2.45) is 0 Å². The monoisotopic (exact) mass is 300 g/mol. The molecule has 0 aliphatic carbocycles. The molecule has 2 aromatic carbocycles. The normalized spacial score (nSPS) is 12.7. The van der Waals surface area contributed by atoms with Crippen molar-refractivity contribution in [1.29, 1.82) is 0 Å². The molecule has 0 atom stereocenters. The molecule has 0 radical (unpaired) electrons. The number of phenols is 1. The van der Waals surface area contributed by atoms with E-state index in [-0.39, 0.29) is 15.2 Å². The van der Waals surface area contributed by atoms with Crippen LogP contribution < -0.4 is 0 Å². The molecule has 102 valence electrons. The zero-order valence-electron chi connectivity index (χ0n) is 10.3. The number of hydrogen-bond donors (Lipinski definition) is 1. The Bertz CT molecular complexity index is 864. The van der Waals surface area contributed by atoms with Crippen LogP contribution in [0.5, 0.6) is 5.75 Å². The summed E-state index contributed by atoms with van der Waals surface area (Å²) in [7, 11) is -7.33. The summed E-state index contributed by atoms with van der Waals surface area (Å²) in [5, 5.41) is 10.5. The molecule has 5 nitrogen and oxygen atoms in total. The first-order chi connectivity index (χ1) is 8.62. The first-order valence-corrected chi connectivity index (χ1v) is 9.05. The molecule has 0 aromatic heterocycles. The van der Waals surface area contributed by atoms with Crippen LogP contribution in [0.2, 0.25) is 0 Å². The van der Waals surface area contributed by atoms with Gasteiger partial charge >= 0.3 is 0 Å². The molecule has 0 unspecified atom stereocenters. The molecule has 0 aliphatic rings. The highest BCUT2D eigenvalue weighted by Crippen LogP contribution is 2.36. The maximum atomic E-state index is 11.8. The van der Waals surface area contributed by atoms with Gasteiger partial charge in [0.25, 0.3) is 0 Å². The van der Waals surface area contributed by atoms with Gasteiger partial charge in [-0.25, -0.2) is 16.8 Å². The molecule has 0 spiro atoms. The van der Waals surface area contributed by atoms with Gasteiger partial charge in [0.2, 0.25) is 0 Å². The molecule has 0 heterocycles. The Hall–Kier alpha value is -1.60. The van der Waals surface area contributed by atoms with Crippen molar-refractivity contribution < 1.29 is 21.9 Å². The number of phenolic OH excluding ortho intramolecular Hbond substituents is 1. The second kappa shape index (κ2) is 4.21. The second-order valence-electron chi connectivity index (χ2n) is 4.31. The van der Waals surface area contributed by atoms with E-state index in [1.165, 1.54) is 12.1 Å². The predicted molar refractivity (Wildman–Crippen MR) is 71.8 cm³/mol. The summed E-state index contributed by atoms with van der Waals surface area (Å²) < 4.78 is 46.8. The Morgan fingerprint density at radius 2 is 1.32 bits per heavy atom. The topological polar surface area (TPSA) is 88.5 Å². The molecular formula is C12H12O5S2. The van der Waals surface area contributed by atoms with Crippen LogP contribution in [0.3, 0.4) is 0 Å². The van der Waals surface area contributed by atoms with Crippen molar-refractivity contribution in [3.05, 3.63) is 30.3 Å². The average molecular weight is 300 g/mol. The van der Waals surface area contributed by atoms with Gasteiger partial charge in [-0.15, -0.1) is 0 Å². The van der Waals surface area contributed by atoms with Crippen LogP contribution in [-0.4, -0.2) is 34.5 Å². The fourth-order valence-electron chi connectivity index (χ4n) is 1.89. The molecule has 0 saturated heterocycles. The van der Waals surface area contributed by atoms with Crippen LogP contribution in [0, 0.1) is 0 Å². The maximum absolute atomic E-state index is 11.8. The fraction of sp³-hybridized carbons (Fsp3) is 0.167. The molecular weight excluding hydrogens is 288 g/mol. The average Bonchev–Trinajstić information content (AvgIpc) is 2.26. The lowest BCUT2D eigenvalue weighted by atomic mass is 10.1. The molecule has 19 heavy (non-hydrogen) atoms. The number of fused-ring (bicyclic) bond motifs is 1. The largest absolute Gasteiger partial charge is 0.506 e. The number of hydrogen-bond acceptors (Lipinski definition) is 5. The van der Waals surface area contributed by atoms with E-state index in [0.29, 0.717) is 5.39 Å². The standard InChI is InChI=1S/C12H12O5S2/c1-18(14,15)10-7-11(19(2,16)17)12(13)9-6-4-3-5-8(9)10/h3-7,13H,1-2H3. The summed E-state index contributed by atoms with van der Waals surface area (Å²) in [5.41, 5.74) is 0. The van der Waals surface area contributed by atoms with Crippen molar-refractivity contribution in [3.8, 4) is 5.75 Å². The van der Waals surface area contributed by atoms with Crippen LogP contribution in [0.4, 0.5) is 0 Å². The van der Waals surface area contributed by atoms with Gasteiger partial charge in [-0.1, -0.05) is 24.3 Å².